The molecule has 2 N–H and O–H groups in total. The summed E-state index contributed by atoms with van der Waals surface area (Å²) in [4.78, 5) is 0. The summed E-state index contributed by atoms with van der Waals surface area (Å²) >= 11 is 0. The molecule has 3 atom stereocenters. The van der Waals surface area contributed by atoms with Gasteiger partial charge in [-0.2, -0.15) is 0 Å². The van der Waals surface area contributed by atoms with E-state index in [9.17, 15) is 0 Å². The van der Waals surface area contributed by atoms with Crippen LogP contribution in [0.4, 0.5) is 0 Å². The maximum absolute atomic E-state index is 3.92. The molecule has 2 aliphatic rings. The molecule has 2 fully saturated rings. The summed E-state index contributed by atoms with van der Waals surface area (Å²) in [6.45, 7) is 9.58. The molecule has 2 heteroatoms. The molecule has 1 aliphatic carbocycles. The number of hydrogen-bond donors (Lipinski definition) is 2. The largest absolute Gasteiger partial charge is 0.316 e. The van der Waals surface area contributed by atoms with Crippen molar-refractivity contribution < 1.29 is 0 Å². The molecule has 1 saturated carbocycles. The van der Waals surface area contributed by atoms with E-state index in [0.717, 1.165) is 18.0 Å². The van der Waals surface area contributed by atoms with Gasteiger partial charge in [-0.15, -0.1) is 0 Å². The highest BCUT2D eigenvalue weighted by atomic mass is 15.0. The van der Waals surface area contributed by atoms with Crippen LogP contribution in [0.5, 0.6) is 0 Å². The second-order valence-electron chi connectivity index (χ2n) is 6.18. The van der Waals surface area contributed by atoms with Crippen molar-refractivity contribution in [1.29, 1.82) is 0 Å². The zero-order chi connectivity index (χ0) is 10.9. The second-order valence-corrected chi connectivity index (χ2v) is 6.18. The first-order chi connectivity index (χ1) is 7.09. The van der Waals surface area contributed by atoms with Crippen LogP contribution >= 0.6 is 0 Å². The minimum absolute atomic E-state index is 0.518. The number of nitrogens with one attached hydrogen (secondary N) is 2. The maximum atomic E-state index is 3.92. The van der Waals surface area contributed by atoms with Gasteiger partial charge in [-0.05, 0) is 43.7 Å². The first-order valence-electron chi connectivity index (χ1n) is 6.56. The summed E-state index contributed by atoms with van der Waals surface area (Å²) in [7, 11) is 0. The van der Waals surface area contributed by atoms with E-state index in [0.29, 0.717) is 5.41 Å². The summed E-state index contributed by atoms with van der Waals surface area (Å²) in [5.41, 5.74) is 0.518. The van der Waals surface area contributed by atoms with Gasteiger partial charge in [-0.1, -0.05) is 27.2 Å². The van der Waals surface area contributed by atoms with E-state index in [1.807, 2.05) is 0 Å². The smallest absolute Gasteiger partial charge is 0.0121 e. The Labute approximate surface area is 94.2 Å². The standard InChI is InChI=1S/C13H26N2/c1-10-9-14-8-6-11(10)15-12-5-4-7-13(12,2)3/h10-12,14-15H,4-9H2,1-3H3. The van der Waals surface area contributed by atoms with Crippen molar-refractivity contribution in [3.63, 3.8) is 0 Å². The van der Waals surface area contributed by atoms with E-state index in [-0.39, 0.29) is 0 Å². The first kappa shape index (κ1) is 11.4. The van der Waals surface area contributed by atoms with Crippen LogP contribution in [0.25, 0.3) is 0 Å². The van der Waals surface area contributed by atoms with Crippen LogP contribution in [-0.4, -0.2) is 25.2 Å². The third-order valence-corrected chi connectivity index (χ3v) is 4.46. The number of piperidine rings is 1. The van der Waals surface area contributed by atoms with Gasteiger partial charge in [0.15, 0.2) is 0 Å². The van der Waals surface area contributed by atoms with Crippen LogP contribution in [0.3, 0.4) is 0 Å². The third kappa shape index (κ3) is 2.54. The van der Waals surface area contributed by atoms with Crippen molar-refractivity contribution in [2.75, 3.05) is 13.1 Å². The average Bonchev–Trinajstić information content (AvgIpc) is 2.50. The number of hydrogen-bond acceptors (Lipinski definition) is 2. The van der Waals surface area contributed by atoms with Gasteiger partial charge in [0.1, 0.15) is 0 Å². The van der Waals surface area contributed by atoms with Gasteiger partial charge in [0.05, 0.1) is 0 Å². The minimum Gasteiger partial charge on any atom is -0.316 e. The Morgan fingerprint density at radius 1 is 1.27 bits per heavy atom. The molecule has 0 spiro atoms. The molecule has 1 saturated heterocycles. The molecule has 0 aromatic heterocycles. The predicted molar refractivity (Wildman–Crippen MR) is 65.0 cm³/mol. The molecule has 0 aromatic carbocycles. The van der Waals surface area contributed by atoms with Crippen LogP contribution in [0, 0.1) is 11.3 Å². The normalized spacial score (nSPS) is 40.6. The Balaban J connectivity index is 1.90. The highest BCUT2D eigenvalue weighted by Gasteiger charge is 2.36. The van der Waals surface area contributed by atoms with Crippen LogP contribution in [0.15, 0.2) is 0 Å². The Morgan fingerprint density at radius 3 is 2.67 bits per heavy atom. The molecule has 88 valence electrons. The number of rotatable bonds is 2. The lowest BCUT2D eigenvalue weighted by Crippen LogP contribution is -2.52. The fourth-order valence-electron chi connectivity index (χ4n) is 3.16. The van der Waals surface area contributed by atoms with Crippen molar-refractivity contribution in [3.05, 3.63) is 0 Å². The Morgan fingerprint density at radius 2 is 2.07 bits per heavy atom. The molecule has 1 aliphatic heterocycles. The molecule has 3 unspecified atom stereocenters. The summed E-state index contributed by atoms with van der Waals surface area (Å²) in [5, 5.41) is 7.39. The van der Waals surface area contributed by atoms with E-state index < -0.39 is 0 Å². The van der Waals surface area contributed by atoms with Gasteiger partial charge >= 0.3 is 0 Å². The zero-order valence-corrected chi connectivity index (χ0v) is 10.5. The SMILES string of the molecule is CC1CNCCC1NC1CCCC1(C)C. The molecular weight excluding hydrogens is 184 g/mol. The first-order valence-corrected chi connectivity index (χ1v) is 6.56. The van der Waals surface area contributed by atoms with Crippen molar-refractivity contribution in [2.24, 2.45) is 11.3 Å². The van der Waals surface area contributed by atoms with E-state index in [1.165, 1.54) is 38.8 Å². The van der Waals surface area contributed by atoms with Crippen LogP contribution in [0.1, 0.15) is 46.5 Å². The Kier molecular flexibility index (Phi) is 3.36. The molecule has 1 heterocycles. The molecule has 15 heavy (non-hydrogen) atoms. The van der Waals surface area contributed by atoms with Crippen molar-refractivity contribution in [1.82, 2.24) is 10.6 Å². The van der Waals surface area contributed by atoms with Crippen molar-refractivity contribution in [3.8, 4) is 0 Å². The molecule has 0 aromatic rings. The average molecular weight is 210 g/mol. The van der Waals surface area contributed by atoms with Gasteiger partial charge < -0.3 is 10.6 Å². The lowest BCUT2D eigenvalue weighted by Gasteiger charge is -2.37. The van der Waals surface area contributed by atoms with Gasteiger partial charge in [-0.3, -0.25) is 0 Å². The fraction of sp³-hybridized carbons (Fsp3) is 1.00. The topological polar surface area (TPSA) is 24.1 Å². The van der Waals surface area contributed by atoms with Gasteiger partial charge in [0.25, 0.3) is 0 Å². The van der Waals surface area contributed by atoms with E-state index >= 15 is 0 Å². The molecule has 0 bridgehead atoms. The molecular formula is C13H26N2. The molecule has 0 amide bonds. The minimum atomic E-state index is 0.518. The molecule has 0 radical (unpaired) electrons. The monoisotopic (exact) mass is 210 g/mol. The second kappa shape index (κ2) is 4.42. The quantitative estimate of drug-likeness (QED) is 0.730. The van der Waals surface area contributed by atoms with Crippen LogP contribution < -0.4 is 10.6 Å². The highest BCUT2D eigenvalue weighted by Crippen LogP contribution is 2.37. The van der Waals surface area contributed by atoms with Gasteiger partial charge in [0, 0.05) is 12.1 Å². The Hall–Kier alpha value is -0.0800. The summed E-state index contributed by atoms with van der Waals surface area (Å²) in [6.07, 6.45) is 5.48. The zero-order valence-electron chi connectivity index (χ0n) is 10.5. The summed E-state index contributed by atoms with van der Waals surface area (Å²) in [5.74, 6) is 0.787. The van der Waals surface area contributed by atoms with E-state index in [2.05, 4.69) is 31.4 Å². The van der Waals surface area contributed by atoms with Gasteiger partial charge in [0.2, 0.25) is 0 Å². The van der Waals surface area contributed by atoms with Gasteiger partial charge in [-0.25, -0.2) is 0 Å². The summed E-state index contributed by atoms with van der Waals surface area (Å²) in [6, 6.07) is 1.50. The van der Waals surface area contributed by atoms with Crippen LogP contribution in [-0.2, 0) is 0 Å². The third-order valence-electron chi connectivity index (χ3n) is 4.46. The van der Waals surface area contributed by atoms with E-state index in [4.69, 9.17) is 0 Å². The maximum Gasteiger partial charge on any atom is 0.0121 e. The highest BCUT2D eigenvalue weighted by molar-refractivity contribution is 4.94. The van der Waals surface area contributed by atoms with Crippen LogP contribution in [0.2, 0.25) is 0 Å². The lowest BCUT2D eigenvalue weighted by atomic mass is 9.85. The summed E-state index contributed by atoms with van der Waals surface area (Å²) < 4.78 is 0. The Bertz CT molecular complexity index is 213. The predicted octanol–water partition coefficient (Wildman–Crippen LogP) is 2.15. The molecule has 2 rings (SSSR count). The van der Waals surface area contributed by atoms with E-state index in [1.54, 1.807) is 0 Å². The van der Waals surface area contributed by atoms with Crippen molar-refractivity contribution in [2.45, 2.75) is 58.5 Å². The lowest BCUT2D eigenvalue weighted by molar-refractivity contribution is 0.209. The molecule has 2 nitrogen and oxygen atoms in total. The van der Waals surface area contributed by atoms with Crippen molar-refractivity contribution >= 4 is 0 Å². The fourth-order valence-corrected chi connectivity index (χ4v) is 3.16.